The van der Waals surface area contributed by atoms with Crippen molar-refractivity contribution in [2.24, 2.45) is 23.7 Å². The molecule has 0 aromatic heterocycles. The molecule has 2 aliphatic carbocycles. The molecule has 2 rings (SSSR count). The van der Waals surface area contributed by atoms with Gasteiger partial charge in [0.25, 0.3) is 0 Å². The van der Waals surface area contributed by atoms with Crippen LogP contribution in [0.2, 0.25) is 0 Å². The van der Waals surface area contributed by atoms with Crippen LogP contribution in [0.4, 0.5) is 0 Å². The Bertz CT molecular complexity index is 629. The quantitative estimate of drug-likeness (QED) is 0.269. The number of aliphatic hydroxyl groups is 2. The lowest BCUT2D eigenvalue weighted by molar-refractivity contribution is -0.140. The number of ether oxygens (including phenoxy) is 1. The minimum Gasteiger partial charge on any atom is -0.469 e. The van der Waals surface area contributed by atoms with Gasteiger partial charge in [-0.15, -0.1) is 0 Å². The van der Waals surface area contributed by atoms with Crippen molar-refractivity contribution in [2.45, 2.75) is 90.8 Å². The topological polar surface area (TPSA) is 66.8 Å². The van der Waals surface area contributed by atoms with Crippen molar-refractivity contribution >= 4 is 5.97 Å². The van der Waals surface area contributed by atoms with Crippen LogP contribution in [0, 0.1) is 23.7 Å². The molecule has 30 heavy (non-hydrogen) atoms. The number of esters is 1. The first-order chi connectivity index (χ1) is 14.3. The van der Waals surface area contributed by atoms with Crippen LogP contribution in [0.5, 0.6) is 0 Å². The average Bonchev–Trinajstić information content (AvgIpc) is 3.19. The highest BCUT2D eigenvalue weighted by molar-refractivity contribution is 5.69. The van der Waals surface area contributed by atoms with Gasteiger partial charge in [-0.1, -0.05) is 42.4 Å². The monoisotopic (exact) mass is 418 g/mol. The maximum atomic E-state index is 11.2. The molecule has 4 heteroatoms. The molecule has 0 heterocycles. The van der Waals surface area contributed by atoms with E-state index in [4.69, 9.17) is 0 Å². The summed E-state index contributed by atoms with van der Waals surface area (Å²) in [6, 6.07) is 0. The second-order valence-electron chi connectivity index (χ2n) is 9.70. The molecule has 2 saturated carbocycles. The molecule has 2 N–H and O–H groups in total. The molecular formula is C26H42O4. The van der Waals surface area contributed by atoms with Crippen LogP contribution in [-0.2, 0) is 9.53 Å². The van der Waals surface area contributed by atoms with E-state index < -0.39 is 6.10 Å². The highest BCUT2D eigenvalue weighted by Gasteiger charge is 2.44. The number of hydrogen-bond donors (Lipinski definition) is 2. The Kier molecular flexibility index (Phi) is 10.3. The van der Waals surface area contributed by atoms with Crippen LogP contribution in [0.1, 0.15) is 78.6 Å². The SMILES string of the molecule is COC(=O)CCC/C=C1\C[C@H]2C[C@@H](O)[C@@H](/C=C\[C@@H](O)C[C@H](C)CCC=C(C)C)[C@H]2C1. The zero-order chi connectivity index (χ0) is 22.1. The fraction of sp³-hybridized carbons (Fsp3) is 0.731. The summed E-state index contributed by atoms with van der Waals surface area (Å²) in [4.78, 5) is 11.2. The van der Waals surface area contributed by atoms with Crippen LogP contribution < -0.4 is 0 Å². The predicted molar refractivity (Wildman–Crippen MR) is 122 cm³/mol. The molecule has 0 amide bonds. The van der Waals surface area contributed by atoms with Gasteiger partial charge in [-0.25, -0.2) is 0 Å². The Balaban J connectivity index is 1.80. The van der Waals surface area contributed by atoms with Gasteiger partial charge in [0.15, 0.2) is 0 Å². The summed E-state index contributed by atoms with van der Waals surface area (Å²) in [6.07, 6.45) is 15.9. The summed E-state index contributed by atoms with van der Waals surface area (Å²) in [5, 5.41) is 21.0. The summed E-state index contributed by atoms with van der Waals surface area (Å²) in [7, 11) is 1.43. The fourth-order valence-electron chi connectivity index (χ4n) is 5.12. The number of rotatable bonds is 11. The second kappa shape index (κ2) is 12.5. The van der Waals surface area contributed by atoms with Crippen LogP contribution in [0.15, 0.2) is 35.5 Å². The van der Waals surface area contributed by atoms with Crippen LogP contribution in [0.25, 0.3) is 0 Å². The number of fused-ring (bicyclic) bond motifs is 1. The van der Waals surface area contributed by atoms with E-state index in [9.17, 15) is 15.0 Å². The van der Waals surface area contributed by atoms with Crippen LogP contribution in [0.3, 0.4) is 0 Å². The minimum absolute atomic E-state index is 0.144. The Labute approximate surface area is 183 Å². The van der Waals surface area contributed by atoms with E-state index in [1.807, 2.05) is 6.08 Å². The maximum absolute atomic E-state index is 11.2. The van der Waals surface area contributed by atoms with Crippen molar-refractivity contribution in [1.29, 1.82) is 0 Å². The molecule has 2 aliphatic rings. The van der Waals surface area contributed by atoms with Gasteiger partial charge in [-0.2, -0.15) is 0 Å². The molecule has 6 atom stereocenters. The predicted octanol–water partition coefficient (Wildman–Crippen LogP) is 5.35. The van der Waals surface area contributed by atoms with E-state index in [0.29, 0.717) is 24.2 Å². The van der Waals surface area contributed by atoms with Crippen molar-refractivity contribution < 1.29 is 19.7 Å². The van der Waals surface area contributed by atoms with E-state index in [0.717, 1.165) is 51.4 Å². The number of methoxy groups -OCH3 is 1. The molecular weight excluding hydrogens is 376 g/mol. The van der Waals surface area contributed by atoms with Gasteiger partial charge in [-0.05, 0) is 83.0 Å². The molecule has 0 aliphatic heterocycles. The largest absolute Gasteiger partial charge is 0.469 e. The molecule has 0 bridgehead atoms. The third-order valence-electron chi connectivity index (χ3n) is 6.77. The first-order valence-electron chi connectivity index (χ1n) is 11.7. The van der Waals surface area contributed by atoms with Gasteiger partial charge in [0.05, 0.1) is 19.3 Å². The molecule has 0 unspecified atom stereocenters. The summed E-state index contributed by atoms with van der Waals surface area (Å²) < 4.78 is 4.69. The molecule has 0 aromatic carbocycles. The highest BCUT2D eigenvalue weighted by Crippen LogP contribution is 2.50. The zero-order valence-corrected chi connectivity index (χ0v) is 19.3. The zero-order valence-electron chi connectivity index (χ0n) is 19.3. The Hall–Kier alpha value is -1.39. The lowest BCUT2D eigenvalue weighted by Gasteiger charge is -2.18. The molecule has 170 valence electrons. The number of unbranched alkanes of at least 4 members (excludes halogenated alkanes) is 1. The highest BCUT2D eigenvalue weighted by atomic mass is 16.5. The lowest BCUT2D eigenvalue weighted by Crippen LogP contribution is -2.18. The number of aliphatic hydroxyl groups excluding tert-OH is 2. The molecule has 0 spiro atoms. The number of allylic oxidation sites excluding steroid dienone is 4. The third-order valence-corrected chi connectivity index (χ3v) is 6.77. The standard InChI is InChI=1S/C26H42O4/c1-18(2)8-7-9-19(3)14-22(27)12-13-23-24-16-20(15-21(24)17-25(23)28)10-5-6-11-26(29)30-4/h8,10,12-13,19,21-25,27-28H,5-7,9,11,14-17H2,1-4H3/b13-12-,20-10+/t19-,21+,22-,23+,24+,25-/m1/s1. The van der Waals surface area contributed by atoms with Crippen LogP contribution in [-0.4, -0.2) is 35.5 Å². The van der Waals surface area contributed by atoms with Crippen molar-refractivity contribution in [3.8, 4) is 0 Å². The molecule has 0 radical (unpaired) electrons. The number of carbonyl (C=O) groups excluding carboxylic acids is 1. The van der Waals surface area contributed by atoms with Gasteiger partial charge in [0, 0.05) is 12.3 Å². The first-order valence-corrected chi connectivity index (χ1v) is 11.7. The van der Waals surface area contributed by atoms with Gasteiger partial charge < -0.3 is 14.9 Å². The van der Waals surface area contributed by atoms with Gasteiger partial charge in [0.2, 0.25) is 0 Å². The Morgan fingerprint density at radius 2 is 2.03 bits per heavy atom. The number of carbonyl (C=O) groups is 1. The average molecular weight is 419 g/mol. The van der Waals surface area contributed by atoms with Gasteiger partial charge in [0.1, 0.15) is 0 Å². The van der Waals surface area contributed by atoms with Crippen molar-refractivity contribution in [2.75, 3.05) is 7.11 Å². The summed E-state index contributed by atoms with van der Waals surface area (Å²) in [5.41, 5.74) is 2.81. The van der Waals surface area contributed by atoms with E-state index in [1.165, 1.54) is 18.3 Å². The smallest absolute Gasteiger partial charge is 0.305 e. The summed E-state index contributed by atoms with van der Waals surface area (Å²) in [5.74, 6) is 1.50. The fourth-order valence-corrected chi connectivity index (χ4v) is 5.12. The summed E-state index contributed by atoms with van der Waals surface area (Å²) >= 11 is 0. The van der Waals surface area contributed by atoms with E-state index in [2.05, 4.69) is 43.7 Å². The van der Waals surface area contributed by atoms with E-state index in [1.54, 1.807) is 0 Å². The summed E-state index contributed by atoms with van der Waals surface area (Å²) in [6.45, 7) is 6.44. The molecule has 2 fully saturated rings. The molecule has 4 nitrogen and oxygen atoms in total. The molecule has 0 aromatic rings. The van der Waals surface area contributed by atoms with Crippen molar-refractivity contribution in [3.05, 3.63) is 35.5 Å². The normalized spacial score (nSPS) is 29.2. The second-order valence-corrected chi connectivity index (χ2v) is 9.70. The van der Waals surface area contributed by atoms with Gasteiger partial charge >= 0.3 is 5.97 Å². The van der Waals surface area contributed by atoms with Crippen LogP contribution >= 0.6 is 0 Å². The maximum Gasteiger partial charge on any atom is 0.305 e. The minimum atomic E-state index is -0.437. The van der Waals surface area contributed by atoms with Crippen molar-refractivity contribution in [1.82, 2.24) is 0 Å². The Morgan fingerprint density at radius 1 is 1.27 bits per heavy atom. The Morgan fingerprint density at radius 3 is 2.73 bits per heavy atom. The van der Waals surface area contributed by atoms with Gasteiger partial charge in [-0.3, -0.25) is 4.79 Å². The first kappa shape index (κ1) is 24.9. The third kappa shape index (κ3) is 8.03. The number of hydrogen-bond acceptors (Lipinski definition) is 4. The van der Waals surface area contributed by atoms with Crippen molar-refractivity contribution in [3.63, 3.8) is 0 Å². The lowest BCUT2D eigenvalue weighted by atomic mass is 9.89. The van der Waals surface area contributed by atoms with E-state index in [-0.39, 0.29) is 18.0 Å². The van der Waals surface area contributed by atoms with E-state index >= 15 is 0 Å². The molecule has 0 saturated heterocycles.